The van der Waals surface area contributed by atoms with Gasteiger partial charge in [-0.25, -0.2) is 0 Å². The molecule has 0 aromatic heterocycles. The lowest BCUT2D eigenvalue weighted by molar-refractivity contribution is -0.171. The Morgan fingerprint density at radius 3 is 2.46 bits per heavy atom. The highest BCUT2D eigenvalue weighted by Gasteiger charge is 2.38. The largest absolute Gasteiger partial charge is 0.451 e. The number of hydrogen-bond donors (Lipinski definition) is 0. The maximum absolute atomic E-state index is 11.8. The van der Waals surface area contributed by atoms with Crippen molar-refractivity contribution in [1.82, 2.24) is 9.80 Å². The molecule has 74 valence electrons. The van der Waals surface area contributed by atoms with Gasteiger partial charge in [0.15, 0.2) is 0 Å². The zero-order chi connectivity index (χ0) is 10.1. The molecule has 1 rings (SSSR count). The van der Waals surface area contributed by atoms with Crippen molar-refractivity contribution in [3.63, 3.8) is 0 Å². The van der Waals surface area contributed by atoms with E-state index in [9.17, 15) is 18.0 Å². The zero-order valence-corrected chi connectivity index (χ0v) is 7.01. The Morgan fingerprint density at radius 2 is 2.08 bits per heavy atom. The van der Waals surface area contributed by atoms with E-state index >= 15 is 0 Å². The molecule has 6 heteroatoms. The van der Waals surface area contributed by atoms with Gasteiger partial charge in [-0.3, -0.25) is 4.79 Å². The van der Waals surface area contributed by atoms with Gasteiger partial charge in [-0.2, -0.15) is 13.2 Å². The minimum absolute atomic E-state index is 0.321. The summed E-state index contributed by atoms with van der Waals surface area (Å²) >= 11 is 0. The first kappa shape index (κ1) is 9.88. The highest BCUT2D eigenvalue weighted by molar-refractivity contribution is 5.86. The van der Waals surface area contributed by atoms with Crippen molar-refractivity contribution < 1.29 is 18.0 Å². The molecule has 0 saturated heterocycles. The van der Waals surface area contributed by atoms with Gasteiger partial charge in [-0.15, -0.1) is 0 Å². The van der Waals surface area contributed by atoms with Crippen LogP contribution in [0.5, 0.6) is 0 Å². The molecule has 0 spiro atoms. The summed E-state index contributed by atoms with van der Waals surface area (Å²) in [7, 11) is 1.72. The number of halogens is 3. The highest BCUT2D eigenvalue weighted by Crippen LogP contribution is 2.17. The Bertz CT molecular complexity index is 236. The maximum Gasteiger partial charge on any atom is 0.451 e. The van der Waals surface area contributed by atoms with E-state index in [1.54, 1.807) is 18.1 Å². The van der Waals surface area contributed by atoms with E-state index in [4.69, 9.17) is 0 Å². The van der Waals surface area contributed by atoms with Gasteiger partial charge in [0.1, 0.15) is 0 Å². The summed E-state index contributed by atoms with van der Waals surface area (Å²) in [6.45, 7) is -0.286. The number of Topliss-reactive ketones (excluding diaryl/α,β-unsaturated/α-hetero) is 1. The van der Waals surface area contributed by atoms with Crippen LogP contribution in [0.2, 0.25) is 0 Å². The van der Waals surface area contributed by atoms with E-state index in [0.29, 0.717) is 6.67 Å². The normalized spacial score (nSPS) is 16.9. The summed E-state index contributed by atoms with van der Waals surface area (Å²) in [6, 6.07) is 0. The Morgan fingerprint density at radius 1 is 1.46 bits per heavy atom. The summed E-state index contributed by atoms with van der Waals surface area (Å²) in [4.78, 5) is 13.5. The summed E-state index contributed by atoms with van der Waals surface area (Å²) < 4.78 is 35.4. The van der Waals surface area contributed by atoms with Gasteiger partial charge in [-0.05, 0) is 0 Å². The second kappa shape index (κ2) is 3.27. The van der Waals surface area contributed by atoms with E-state index in [2.05, 4.69) is 0 Å². The van der Waals surface area contributed by atoms with Crippen molar-refractivity contribution >= 4 is 5.78 Å². The second-order valence-corrected chi connectivity index (χ2v) is 2.86. The molecule has 0 amide bonds. The summed E-state index contributed by atoms with van der Waals surface area (Å²) in [5, 5.41) is 0. The lowest BCUT2D eigenvalue weighted by Crippen LogP contribution is -2.35. The van der Waals surface area contributed by atoms with E-state index in [1.807, 2.05) is 0 Å². The molecule has 0 atom stereocenters. The quantitative estimate of drug-likeness (QED) is 0.649. The van der Waals surface area contributed by atoms with Crippen LogP contribution in [0.4, 0.5) is 13.2 Å². The predicted octanol–water partition coefficient (Wildman–Crippen LogP) is 0.794. The third kappa shape index (κ3) is 2.64. The number of nitrogens with zero attached hydrogens (tertiary/aromatic N) is 2. The average Bonchev–Trinajstić information content (AvgIpc) is 2.33. The van der Waals surface area contributed by atoms with Crippen LogP contribution < -0.4 is 0 Å². The molecule has 0 N–H and O–H groups in total. The Hall–Kier alpha value is -1.20. The van der Waals surface area contributed by atoms with Crippen LogP contribution in [0.3, 0.4) is 0 Å². The van der Waals surface area contributed by atoms with Gasteiger partial charge in [-0.1, -0.05) is 0 Å². The lowest BCUT2D eigenvalue weighted by Gasteiger charge is -2.17. The smallest absolute Gasteiger partial charge is 0.362 e. The summed E-state index contributed by atoms with van der Waals surface area (Å²) in [5.41, 5.74) is 0. The topological polar surface area (TPSA) is 23.6 Å². The molecule has 0 fully saturated rings. The Labute approximate surface area is 73.4 Å². The number of carbonyl (C=O) groups is 1. The van der Waals surface area contributed by atoms with Crippen molar-refractivity contribution in [2.75, 3.05) is 20.3 Å². The van der Waals surface area contributed by atoms with Crippen LogP contribution in [-0.4, -0.2) is 42.0 Å². The molecule has 0 aromatic rings. The van der Waals surface area contributed by atoms with Gasteiger partial charge < -0.3 is 9.80 Å². The first-order valence-electron chi connectivity index (χ1n) is 3.62. The fourth-order valence-corrected chi connectivity index (χ4v) is 0.966. The predicted molar refractivity (Wildman–Crippen MR) is 39.5 cm³/mol. The average molecular weight is 194 g/mol. The second-order valence-electron chi connectivity index (χ2n) is 2.86. The Balaban J connectivity index is 2.43. The number of alkyl halides is 3. The molecule has 0 bridgehead atoms. The van der Waals surface area contributed by atoms with Crippen LogP contribution in [0.15, 0.2) is 12.4 Å². The third-order valence-corrected chi connectivity index (χ3v) is 1.60. The molecule has 3 nitrogen and oxygen atoms in total. The fraction of sp³-hybridized carbons (Fsp3) is 0.571. The van der Waals surface area contributed by atoms with Crippen LogP contribution in [-0.2, 0) is 4.79 Å². The first-order chi connectivity index (χ1) is 5.89. The lowest BCUT2D eigenvalue weighted by atomic mass is 10.3. The summed E-state index contributed by atoms with van der Waals surface area (Å²) in [5.74, 6) is -1.72. The maximum atomic E-state index is 11.8. The van der Waals surface area contributed by atoms with E-state index < -0.39 is 18.5 Å². The monoisotopic (exact) mass is 194 g/mol. The first-order valence-corrected chi connectivity index (χ1v) is 3.62. The molecule has 13 heavy (non-hydrogen) atoms. The van der Waals surface area contributed by atoms with E-state index in [1.165, 1.54) is 11.1 Å². The minimum Gasteiger partial charge on any atom is -0.362 e. The van der Waals surface area contributed by atoms with Gasteiger partial charge >= 0.3 is 6.18 Å². The minimum atomic E-state index is -4.73. The SMILES string of the molecule is CN1C=CN(CC(=O)C(F)(F)F)C1. The van der Waals surface area contributed by atoms with Gasteiger partial charge in [0.2, 0.25) is 0 Å². The molecule has 0 saturated carbocycles. The van der Waals surface area contributed by atoms with E-state index in [-0.39, 0.29) is 0 Å². The highest BCUT2D eigenvalue weighted by atomic mass is 19.4. The molecule has 1 heterocycles. The number of hydrogen-bond acceptors (Lipinski definition) is 3. The van der Waals surface area contributed by atoms with Crippen molar-refractivity contribution in [2.24, 2.45) is 0 Å². The number of carbonyl (C=O) groups excluding carboxylic acids is 1. The molecule has 0 aliphatic carbocycles. The van der Waals surface area contributed by atoms with Gasteiger partial charge in [0.05, 0.1) is 13.2 Å². The van der Waals surface area contributed by atoms with E-state index in [0.717, 1.165) is 0 Å². The third-order valence-electron chi connectivity index (χ3n) is 1.60. The standard InChI is InChI=1S/C7H9F3N2O/c1-11-2-3-12(5-11)4-6(13)7(8,9)10/h2-3H,4-5H2,1H3. The Kier molecular flexibility index (Phi) is 2.49. The van der Waals surface area contributed by atoms with Crippen LogP contribution in [0.1, 0.15) is 0 Å². The number of ketones is 1. The molecule has 0 unspecified atom stereocenters. The molecule has 0 aromatic carbocycles. The van der Waals surface area contributed by atoms with Gasteiger partial charge in [0.25, 0.3) is 5.78 Å². The van der Waals surface area contributed by atoms with Crippen LogP contribution >= 0.6 is 0 Å². The van der Waals surface area contributed by atoms with Crippen LogP contribution in [0.25, 0.3) is 0 Å². The van der Waals surface area contributed by atoms with Crippen LogP contribution in [0, 0.1) is 0 Å². The molecular weight excluding hydrogens is 185 g/mol. The molecule has 1 aliphatic heterocycles. The zero-order valence-electron chi connectivity index (χ0n) is 7.01. The van der Waals surface area contributed by atoms with Crippen molar-refractivity contribution in [2.45, 2.75) is 6.18 Å². The number of rotatable bonds is 2. The molecule has 1 aliphatic rings. The van der Waals surface area contributed by atoms with Gasteiger partial charge in [0, 0.05) is 19.4 Å². The molecular formula is C7H9F3N2O. The summed E-state index contributed by atoms with van der Waals surface area (Å²) in [6.07, 6.45) is -1.65. The fourth-order valence-electron chi connectivity index (χ4n) is 0.966. The van der Waals surface area contributed by atoms with Crippen molar-refractivity contribution in [1.29, 1.82) is 0 Å². The van der Waals surface area contributed by atoms with Crippen molar-refractivity contribution in [3.8, 4) is 0 Å². The molecule has 0 radical (unpaired) electrons. The van der Waals surface area contributed by atoms with Crippen molar-refractivity contribution in [3.05, 3.63) is 12.4 Å².